The minimum atomic E-state index is 0.522. The van der Waals surface area contributed by atoms with Crippen LogP contribution in [0, 0.1) is 0 Å². The summed E-state index contributed by atoms with van der Waals surface area (Å²) in [6, 6.07) is 0. The maximum Gasteiger partial charge on any atom is 0.0982 e. The van der Waals surface area contributed by atoms with Gasteiger partial charge < -0.3 is 18.9 Å². The van der Waals surface area contributed by atoms with E-state index in [1.807, 2.05) is 0 Å². The highest BCUT2D eigenvalue weighted by molar-refractivity contribution is 4.34. The number of hydrogen-bond donors (Lipinski definition) is 1. The summed E-state index contributed by atoms with van der Waals surface area (Å²) in [5.74, 6) is 0. The van der Waals surface area contributed by atoms with Crippen LogP contribution in [0.25, 0.3) is 0 Å². The predicted octanol–water partition coefficient (Wildman–Crippen LogP) is 0.597. The van der Waals surface area contributed by atoms with Crippen molar-refractivity contribution in [1.82, 2.24) is 5.32 Å². The molecule has 0 aliphatic rings. The van der Waals surface area contributed by atoms with Crippen LogP contribution >= 0.6 is 0 Å². The lowest BCUT2D eigenvalue weighted by Crippen LogP contribution is -2.22. The number of hydrogen-bond acceptors (Lipinski definition) is 5. The molecule has 0 aromatic rings. The number of ether oxygens (including phenoxy) is 4. The Morgan fingerprint density at radius 2 is 1.20 bits per heavy atom. The molecule has 0 saturated carbocycles. The van der Waals surface area contributed by atoms with Gasteiger partial charge in [0.25, 0.3) is 0 Å². The maximum atomic E-state index is 5.27. The smallest absolute Gasteiger partial charge is 0.0982 e. The van der Waals surface area contributed by atoms with Crippen LogP contribution < -0.4 is 5.32 Å². The molecule has 0 aliphatic heterocycles. The van der Waals surface area contributed by atoms with Crippen molar-refractivity contribution in [3.63, 3.8) is 0 Å². The van der Waals surface area contributed by atoms with Gasteiger partial charge in [-0.3, -0.25) is 5.32 Å². The average Bonchev–Trinajstić information content (AvgIpc) is 2.26. The molecule has 5 nitrogen and oxygen atoms in total. The maximum absolute atomic E-state index is 5.27. The van der Waals surface area contributed by atoms with E-state index in [-0.39, 0.29) is 0 Å². The summed E-state index contributed by atoms with van der Waals surface area (Å²) in [6.07, 6.45) is 1.85. The fourth-order valence-electron chi connectivity index (χ4n) is 0.941. The highest BCUT2D eigenvalue weighted by atomic mass is 16.5. The fraction of sp³-hybridized carbons (Fsp3) is 1.00. The molecule has 0 amide bonds. The van der Waals surface area contributed by atoms with Gasteiger partial charge in [-0.25, -0.2) is 0 Å². The van der Waals surface area contributed by atoms with Crippen LogP contribution in [-0.2, 0) is 18.9 Å². The molecular weight excluding hydrogens is 198 g/mol. The first-order valence-corrected chi connectivity index (χ1v) is 5.26. The van der Waals surface area contributed by atoms with Gasteiger partial charge in [-0.2, -0.15) is 0 Å². The molecule has 0 rings (SSSR count). The Morgan fingerprint density at radius 1 is 0.733 bits per heavy atom. The summed E-state index contributed by atoms with van der Waals surface area (Å²) in [7, 11) is 3.37. The zero-order valence-electron chi connectivity index (χ0n) is 9.79. The second-order valence-corrected chi connectivity index (χ2v) is 3.05. The third-order valence-electron chi connectivity index (χ3n) is 1.68. The van der Waals surface area contributed by atoms with E-state index in [1.165, 1.54) is 0 Å². The van der Waals surface area contributed by atoms with Crippen LogP contribution in [0.5, 0.6) is 0 Å². The molecule has 0 bridgehead atoms. The highest BCUT2D eigenvalue weighted by Gasteiger charge is 1.89. The van der Waals surface area contributed by atoms with E-state index >= 15 is 0 Å². The van der Waals surface area contributed by atoms with Crippen molar-refractivity contribution in [1.29, 1.82) is 0 Å². The van der Waals surface area contributed by atoms with Crippen molar-refractivity contribution in [2.45, 2.75) is 12.8 Å². The van der Waals surface area contributed by atoms with Gasteiger partial charge in [0.2, 0.25) is 0 Å². The van der Waals surface area contributed by atoms with Crippen LogP contribution in [0.3, 0.4) is 0 Å². The van der Waals surface area contributed by atoms with E-state index in [4.69, 9.17) is 18.9 Å². The Labute approximate surface area is 92.0 Å². The van der Waals surface area contributed by atoms with E-state index in [1.54, 1.807) is 14.2 Å². The van der Waals surface area contributed by atoms with Crippen molar-refractivity contribution in [2.24, 2.45) is 0 Å². The van der Waals surface area contributed by atoms with E-state index in [9.17, 15) is 0 Å². The lowest BCUT2D eigenvalue weighted by molar-refractivity contribution is 0.0447. The molecule has 0 saturated heterocycles. The van der Waals surface area contributed by atoms with Gasteiger partial charge in [-0.1, -0.05) is 0 Å². The molecule has 92 valence electrons. The van der Waals surface area contributed by atoms with E-state index < -0.39 is 0 Å². The second kappa shape index (κ2) is 13.8. The molecule has 0 fully saturated rings. The fourth-order valence-corrected chi connectivity index (χ4v) is 0.941. The number of methoxy groups -OCH3 is 2. The predicted molar refractivity (Wildman–Crippen MR) is 57.8 cm³/mol. The molecule has 0 unspecified atom stereocenters. The highest BCUT2D eigenvalue weighted by Crippen LogP contribution is 1.83. The zero-order valence-corrected chi connectivity index (χ0v) is 9.79. The van der Waals surface area contributed by atoms with Crippen LogP contribution in [0.4, 0.5) is 0 Å². The van der Waals surface area contributed by atoms with Gasteiger partial charge in [0.15, 0.2) is 0 Å². The summed E-state index contributed by atoms with van der Waals surface area (Å²) < 4.78 is 20.3. The molecule has 1 N–H and O–H groups in total. The Morgan fingerprint density at radius 3 is 1.60 bits per heavy atom. The van der Waals surface area contributed by atoms with Gasteiger partial charge >= 0.3 is 0 Å². The van der Waals surface area contributed by atoms with E-state index in [0.717, 1.165) is 26.1 Å². The standard InChI is InChI=1S/C10H23NO4/c1-12-5-3-7-14-9-11-10-15-8-4-6-13-2/h11H,3-10H2,1-2H3. The topological polar surface area (TPSA) is 49.0 Å². The minimum Gasteiger partial charge on any atom is -0.385 e. The monoisotopic (exact) mass is 221 g/mol. The van der Waals surface area contributed by atoms with Crippen molar-refractivity contribution in [3.8, 4) is 0 Å². The van der Waals surface area contributed by atoms with Crippen molar-refractivity contribution in [2.75, 3.05) is 54.1 Å². The second-order valence-electron chi connectivity index (χ2n) is 3.05. The summed E-state index contributed by atoms with van der Waals surface area (Å²) in [5.41, 5.74) is 0. The lowest BCUT2D eigenvalue weighted by Gasteiger charge is -2.07. The molecule has 0 aliphatic carbocycles. The van der Waals surface area contributed by atoms with Gasteiger partial charge in [-0.05, 0) is 12.8 Å². The molecule has 0 aromatic heterocycles. The first-order valence-electron chi connectivity index (χ1n) is 5.26. The molecule has 0 spiro atoms. The van der Waals surface area contributed by atoms with Gasteiger partial charge in [0, 0.05) is 27.4 Å². The molecule has 5 heteroatoms. The number of rotatable bonds is 12. The Kier molecular flexibility index (Phi) is 13.6. The number of nitrogens with one attached hydrogen (secondary N) is 1. The Bertz CT molecular complexity index is 102. The first kappa shape index (κ1) is 14.8. The van der Waals surface area contributed by atoms with Crippen molar-refractivity contribution < 1.29 is 18.9 Å². The molecule has 15 heavy (non-hydrogen) atoms. The van der Waals surface area contributed by atoms with Crippen LogP contribution in [-0.4, -0.2) is 54.1 Å². The van der Waals surface area contributed by atoms with Crippen LogP contribution in [0.2, 0.25) is 0 Å². The minimum absolute atomic E-state index is 0.522. The third kappa shape index (κ3) is 13.8. The van der Waals surface area contributed by atoms with Crippen LogP contribution in [0.1, 0.15) is 12.8 Å². The van der Waals surface area contributed by atoms with Crippen molar-refractivity contribution in [3.05, 3.63) is 0 Å². The quantitative estimate of drug-likeness (QED) is 0.386. The van der Waals surface area contributed by atoms with Crippen molar-refractivity contribution >= 4 is 0 Å². The molecule has 0 heterocycles. The molecular formula is C10H23NO4. The molecule has 0 aromatic carbocycles. The average molecular weight is 221 g/mol. The normalized spacial score (nSPS) is 10.8. The third-order valence-corrected chi connectivity index (χ3v) is 1.68. The summed E-state index contributed by atoms with van der Waals surface area (Å²) >= 11 is 0. The van der Waals surface area contributed by atoms with E-state index in [2.05, 4.69) is 5.32 Å². The zero-order chi connectivity index (χ0) is 11.2. The summed E-state index contributed by atoms with van der Waals surface area (Å²) in [4.78, 5) is 0. The summed E-state index contributed by atoms with van der Waals surface area (Å²) in [6.45, 7) is 3.96. The SMILES string of the molecule is COCCCOCNCOCCCOC. The Hall–Kier alpha value is -0.200. The largest absolute Gasteiger partial charge is 0.385 e. The van der Waals surface area contributed by atoms with Gasteiger partial charge in [0.05, 0.1) is 26.7 Å². The molecule has 0 atom stereocenters. The van der Waals surface area contributed by atoms with Gasteiger partial charge in [0.1, 0.15) is 0 Å². The Balaban J connectivity index is 2.81. The first-order chi connectivity index (χ1) is 7.41. The molecule has 0 radical (unpaired) electrons. The van der Waals surface area contributed by atoms with Crippen LogP contribution in [0.15, 0.2) is 0 Å². The van der Waals surface area contributed by atoms with E-state index in [0.29, 0.717) is 26.7 Å². The summed E-state index contributed by atoms with van der Waals surface area (Å²) in [5, 5.41) is 3.01. The lowest BCUT2D eigenvalue weighted by atomic mass is 10.5. The van der Waals surface area contributed by atoms with Gasteiger partial charge in [-0.15, -0.1) is 0 Å².